The second-order valence-electron chi connectivity index (χ2n) is 4.14. The van der Waals surface area contributed by atoms with Gasteiger partial charge in [-0.05, 0) is 42.5 Å². The Bertz CT molecular complexity index is 397. The molecule has 1 aromatic rings. The molecule has 1 fully saturated rings. The van der Waals surface area contributed by atoms with E-state index in [2.05, 4.69) is 11.3 Å². The summed E-state index contributed by atoms with van der Waals surface area (Å²) in [6.07, 6.45) is 6.21. The molecule has 0 radical (unpaired) electrons. The minimum atomic E-state index is -0.121. The molecule has 0 N–H and O–H groups in total. The van der Waals surface area contributed by atoms with Crippen molar-refractivity contribution < 1.29 is 0 Å². The average Bonchev–Trinajstić information content (AvgIpc) is 2.33. The number of benzene rings is 1. The van der Waals surface area contributed by atoms with Crippen LogP contribution in [-0.2, 0) is 0 Å². The van der Waals surface area contributed by atoms with Gasteiger partial charge in [0.1, 0.15) is 6.04 Å². The summed E-state index contributed by atoms with van der Waals surface area (Å²) in [4.78, 5) is 10.7. The molecule has 1 aliphatic rings. The maximum absolute atomic E-state index is 10.7. The molecule has 84 valence electrons. The lowest BCUT2D eigenvalue weighted by Gasteiger charge is -2.19. The molecule has 1 unspecified atom stereocenters. The quantitative estimate of drug-likeness (QED) is 0.697. The van der Waals surface area contributed by atoms with Crippen molar-refractivity contribution in [2.24, 2.45) is 5.18 Å². The van der Waals surface area contributed by atoms with Crippen molar-refractivity contribution in [1.29, 1.82) is 0 Å². The van der Waals surface area contributed by atoms with Crippen molar-refractivity contribution >= 4 is 17.7 Å². The minimum absolute atomic E-state index is 0.121. The highest BCUT2D eigenvalue weighted by atomic mass is 35.5. The normalized spacial score (nSPS) is 23.3. The van der Waals surface area contributed by atoms with Crippen LogP contribution in [0, 0.1) is 4.91 Å². The van der Waals surface area contributed by atoms with E-state index in [1.807, 2.05) is 24.3 Å². The first-order valence-electron chi connectivity index (χ1n) is 5.58. The summed E-state index contributed by atoms with van der Waals surface area (Å²) in [7, 11) is 0. The number of nitroso groups, excluding NO2 is 1. The van der Waals surface area contributed by atoms with Crippen molar-refractivity contribution in [1.82, 2.24) is 0 Å². The molecule has 0 amide bonds. The number of rotatable bonds is 2. The van der Waals surface area contributed by atoms with Gasteiger partial charge in [-0.25, -0.2) is 0 Å². The maximum atomic E-state index is 10.7. The van der Waals surface area contributed by atoms with E-state index in [0.717, 1.165) is 41.8 Å². The van der Waals surface area contributed by atoms with E-state index in [9.17, 15) is 4.91 Å². The molecule has 0 aromatic heterocycles. The second-order valence-corrected chi connectivity index (χ2v) is 4.57. The van der Waals surface area contributed by atoms with Crippen LogP contribution >= 0.6 is 11.6 Å². The molecule has 1 aromatic carbocycles. The van der Waals surface area contributed by atoms with E-state index in [1.54, 1.807) is 0 Å². The summed E-state index contributed by atoms with van der Waals surface area (Å²) in [6.45, 7) is 0. The molecule has 16 heavy (non-hydrogen) atoms. The predicted molar refractivity (Wildman–Crippen MR) is 67.5 cm³/mol. The predicted octanol–water partition coefficient (Wildman–Crippen LogP) is 4.43. The lowest BCUT2D eigenvalue weighted by molar-refractivity contribution is 0.539. The zero-order chi connectivity index (χ0) is 11.4. The number of hydrogen-bond donors (Lipinski definition) is 0. The average molecular weight is 236 g/mol. The van der Waals surface area contributed by atoms with Crippen LogP contribution in [-0.4, -0.2) is 6.04 Å². The van der Waals surface area contributed by atoms with Crippen molar-refractivity contribution in [2.45, 2.75) is 31.7 Å². The van der Waals surface area contributed by atoms with Crippen molar-refractivity contribution in [2.75, 3.05) is 0 Å². The lowest BCUT2D eigenvalue weighted by Crippen LogP contribution is -2.12. The Balaban J connectivity index is 2.21. The molecule has 2 rings (SSSR count). The molecule has 1 aliphatic carbocycles. The molecule has 3 heteroatoms. The van der Waals surface area contributed by atoms with E-state index in [0.29, 0.717) is 0 Å². The Morgan fingerprint density at radius 3 is 2.69 bits per heavy atom. The Morgan fingerprint density at radius 1 is 1.25 bits per heavy atom. The van der Waals surface area contributed by atoms with E-state index in [-0.39, 0.29) is 6.04 Å². The van der Waals surface area contributed by atoms with Gasteiger partial charge in [-0.15, -0.1) is 0 Å². The maximum Gasteiger partial charge on any atom is 0.113 e. The van der Waals surface area contributed by atoms with Gasteiger partial charge in [-0.1, -0.05) is 41.4 Å². The van der Waals surface area contributed by atoms with E-state index < -0.39 is 0 Å². The fraction of sp³-hybridized carbons (Fsp3) is 0.385. The van der Waals surface area contributed by atoms with Gasteiger partial charge >= 0.3 is 0 Å². The van der Waals surface area contributed by atoms with Crippen molar-refractivity contribution in [3.05, 3.63) is 45.3 Å². The van der Waals surface area contributed by atoms with Gasteiger partial charge in [0.2, 0.25) is 0 Å². The van der Waals surface area contributed by atoms with Crippen LogP contribution in [0.3, 0.4) is 0 Å². The summed E-state index contributed by atoms with van der Waals surface area (Å²) >= 11 is 5.82. The summed E-state index contributed by atoms with van der Waals surface area (Å²) in [5.41, 5.74) is 2.25. The number of hydrogen-bond acceptors (Lipinski definition) is 2. The van der Waals surface area contributed by atoms with Crippen LogP contribution in [0.2, 0.25) is 5.02 Å². The highest BCUT2D eigenvalue weighted by Gasteiger charge is 2.18. The SMILES string of the molecule is O=NC1CCCCC1=Cc1ccc(Cl)cc1. The molecular formula is C13H14ClNO. The summed E-state index contributed by atoms with van der Waals surface area (Å²) in [5.74, 6) is 0. The zero-order valence-electron chi connectivity index (χ0n) is 9.03. The van der Waals surface area contributed by atoms with Crippen molar-refractivity contribution in [3.63, 3.8) is 0 Å². The molecule has 1 atom stereocenters. The molecule has 2 nitrogen and oxygen atoms in total. The molecule has 0 aliphatic heterocycles. The van der Waals surface area contributed by atoms with Gasteiger partial charge < -0.3 is 0 Å². The first-order chi connectivity index (χ1) is 7.79. The highest BCUT2D eigenvalue weighted by Crippen LogP contribution is 2.28. The smallest absolute Gasteiger partial charge is 0.113 e. The van der Waals surface area contributed by atoms with Crippen LogP contribution < -0.4 is 0 Å². The molecule has 0 bridgehead atoms. The van der Waals surface area contributed by atoms with Crippen LogP contribution in [0.25, 0.3) is 6.08 Å². The Kier molecular flexibility index (Phi) is 3.73. The Labute approximate surface area is 100 Å². The van der Waals surface area contributed by atoms with Gasteiger partial charge in [0.25, 0.3) is 0 Å². The Hall–Kier alpha value is -1.15. The molecule has 0 spiro atoms. The van der Waals surface area contributed by atoms with Gasteiger partial charge in [0, 0.05) is 5.02 Å². The topological polar surface area (TPSA) is 29.4 Å². The summed E-state index contributed by atoms with van der Waals surface area (Å²) < 4.78 is 0. The minimum Gasteiger partial charge on any atom is -0.150 e. The van der Waals surface area contributed by atoms with Gasteiger partial charge in [0.05, 0.1) is 0 Å². The molecule has 0 heterocycles. The van der Waals surface area contributed by atoms with Gasteiger partial charge in [0.15, 0.2) is 0 Å². The van der Waals surface area contributed by atoms with Gasteiger partial charge in [-0.3, -0.25) is 0 Å². The van der Waals surface area contributed by atoms with Crippen LogP contribution in [0.15, 0.2) is 35.0 Å². The van der Waals surface area contributed by atoms with E-state index in [1.165, 1.54) is 0 Å². The lowest BCUT2D eigenvalue weighted by atomic mass is 9.89. The molecule has 0 saturated heterocycles. The zero-order valence-corrected chi connectivity index (χ0v) is 9.78. The third-order valence-corrected chi connectivity index (χ3v) is 3.22. The highest BCUT2D eigenvalue weighted by molar-refractivity contribution is 6.30. The monoisotopic (exact) mass is 235 g/mol. The fourth-order valence-electron chi connectivity index (χ4n) is 2.08. The Morgan fingerprint density at radius 2 is 2.00 bits per heavy atom. The third kappa shape index (κ3) is 2.70. The first-order valence-corrected chi connectivity index (χ1v) is 5.96. The summed E-state index contributed by atoms with van der Waals surface area (Å²) in [6, 6.07) is 7.53. The standard InChI is InChI=1S/C13H14ClNO/c14-12-7-5-10(6-8-12)9-11-3-1-2-4-13(11)15-16/h5-9,13H,1-4H2. The van der Waals surface area contributed by atoms with Gasteiger partial charge in [-0.2, -0.15) is 4.91 Å². The summed E-state index contributed by atoms with van der Waals surface area (Å²) in [5, 5.41) is 3.93. The number of nitrogens with zero attached hydrogens (tertiary/aromatic N) is 1. The van der Waals surface area contributed by atoms with Crippen LogP contribution in [0.1, 0.15) is 31.2 Å². The first kappa shape index (κ1) is 11.3. The number of halogens is 1. The fourth-order valence-corrected chi connectivity index (χ4v) is 2.21. The molecular weight excluding hydrogens is 222 g/mol. The van der Waals surface area contributed by atoms with Crippen LogP contribution in [0.4, 0.5) is 0 Å². The van der Waals surface area contributed by atoms with Crippen molar-refractivity contribution in [3.8, 4) is 0 Å². The van der Waals surface area contributed by atoms with Crippen LogP contribution in [0.5, 0.6) is 0 Å². The largest absolute Gasteiger partial charge is 0.150 e. The van der Waals surface area contributed by atoms with E-state index >= 15 is 0 Å². The second kappa shape index (κ2) is 5.26. The molecule has 1 saturated carbocycles. The van der Waals surface area contributed by atoms with E-state index in [4.69, 9.17) is 11.6 Å². The third-order valence-electron chi connectivity index (χ3n) is 2.97.